The van der Waals surface area contributed by atoms with Crippen LogP contribution in [0.25, 0.3) is 0 Å². The van der Waals surface area contributed by atoms with Crippen molar-refractivity contribution in [3.63, 3.8) is 0 Å². The van der Waals surface area contributed by atoms with Crippen LogP contribution in [0.15, 0.2) is 24.3 Å². The number of rotatable bonds is 4. The van der Waals surface area contributed by atoms with Gasteiger partial charge in [0, 0.05) is 18.2 Å². The topological polar surface area (TPSA) is 55.1 Å². The van der Waals surface area contributed by atoms with E-state index in [2.05, 4.69) is 19.2 Å². The molecule has 17 heavy (non-hydrogen) atoms. The van der Waals surface area contributed by atoms with Crippen molar-refractivity contribution in [3.8, 4) is 0 Å². The lowest BCUT2D eigenvalue weighted by atomic mass is 9.97. The van der Waals surface area contributed by atoms with Crippen LogP contribution in [-0.4, -0.2) is 11.9 Å². The molecule has 0 saturated heterocycles. The van der Waals surface area contributed by atoms with Crippen LogP contribution in [0.3, 0.4) is 0 Å². The van der Waals surface area contributed by atoms with Crippen molar-refractivity contribution in [2.75, 3.05) is 5.73 Å². The molecule has 1 aliphatic carbocycles. The molecular weight excluding hydrogens is 212 g/mol. The van der Waals surface area contributed by atoms with E-state index in [9.17, 15) is 4.79 Å². The van der Waals surface area contributed by atoms with Crippen LogP contribution in [0, 0.1) is 5.92 Å². The zero-order valence-electron chi connectivity index (χ0n) is 10.4. The van der Waals surface area contributed by atoms with Crippen molar-refractivity contribution >= 4 is 11.6 Å². The molecule has 3 N–H and O–H groups in total. The maximum Gasteiger partial charge on any atom is 0.220 e. The second-order valence-corrected chi connectivity index (χ2v) is 5.16. The SMILES string of the molecule is CC(CC(=O)NC1CC1C)c1ccc(N)cc1. The quantitative estimate of drug-likeness (QED) is 0.782. The van der Waals surface area contributed by atoms with E-state index in [1.165, 1.54) is 0 Å². The van der Waals surface area contributed by atoms with Gasteiger partial charge in [0.1, 0.15) is 0 Å². The van der Waals surface area contributed by atoms with Crippen molar-refractivity contribution in [2.45, 2.75) is 38.6 Å². The van der Waals surface area contributed by atoms with E-state index in [-0.39, 0.29) is 11.8 Å². The predicted octanol–water partition coefficient (Wildman–Crippen LogP) is 2.29. The molecule has 92 valence electrons. The number of hydrogen-bond acceptors (Lipinski definition) is 2. The maximum absolute atomic E-state index is 11.8. The van der Waals surface area contributed by atoms with Gasteiger partial charge in [-0.2, -0.15) is 0 Å². The van der Waals surface area contributed by atoms with Gasteiger partial charge in [0.15, 0.2) is 0 Å². The van der Waals surface area contributed by atoms with Crippen molar-refractivity contribution in [2.24, 2.45) is 5.92 Å². The number of hydrogen-bond donors (Lipinski definition) is 2. The largest absolute Gasteiger partial charge is 0.399 e. The summed E-state index contributed by atoms with van der Waals surface area (Å²) in [7, 11) is 0. The highest BCUT2D eigenvalue weighted by Crippen LogP contribution is 2.29. The number of nitrogen functional groups attached to an aromatic ring is 1. The van der Waals surface area contributed by atoms with Crippen LogP contribution in [0.4, 0.5) is 5.69 Å². The molecule has 1 aromatic rings. The van der Waals surface area contributed by atoms with E-state index in [0.29, 0.717) is 18.4 Å². The Morgan fingerprint density at radius 3 is 2.59 bits per heavy atom. The molecule has 0 aliphatic heterocycles. The Kier molecular flexibility index (Phi) is 3.36. The number of carbonyl (C=O) groups is 1. The van der Waals surface area contributed by atoms with Gasteiger partial charge in [0.25, 0.3) is 0 Å². The molecule has 1 amide bonds. The first kappa shape index (κ1) is 12.0. The zero-order valence-corrected chi connectivity index (χ0v) is 10.4. The van der Waals surface area contributed by atoms with E-state index in [4.69, 9.17) is 5.73 Å². The molecule has 3 heteroatoms. The Hall–Kier alpha value is -1.51. The molecule has 3 unspecified atom stereocenters. The predicted molar refractivity (Wildman–Crippen MR) is 69.6 cm³/mol. The Balaban J connectivity index is 1.85. The molecular formula is C14H20N2O. The standard InChI is InChI=1S/C14H20N2O/c1-9(11-3-5-12(15)6-4-11)8-14(17)16-13-7-10(13)2/h3-6,9-10,13H,7-8,15H2,1-2H3,(H,16,17). The summed E-state index contributed by atoms with van der Waals surface area (Å²) in [6.45, 7) is 4.23. The lowest BCUT2D eigenvalue weighted by Crippen LogP contribution is -2.27. The molecule has 3 nitrogen and oxygen atoms in total. The second kappa shape index (κ2) is 4.78. The first-order chi connectivity index (χ1) is 8.06. The van der Waals surface area contributed by atoms with Crippen LogP contribution in [0.5, 0.6) is 0 Å². The van der Waals surface area contributed by atoms with Gasteiger partial charge in [-0.3, -0.25) is 4.79 Å². The number of amides is 1. The smallest absolute Gasteiger partial charge is 0.220 e. The molecule has 2 rings (SSSR count). The van der Waals surface area contributed by atoms with E-state index >= 15 is 0 Å². The highest BCUT2D eigenvalue weighted by molar-refractivity contribution is 5.77. The summed E-state index contributed by atoms with van der Waals surface area (Å²) in [5, 5.41) is 3.05. The number of nitrogens with one attached hydrogen (secondary N) is 1. The van der Waals surface area contributed by atoms with Gasteiger partial charge < -0.3 is 11.1 Å². The Labute approximate surface area is 102 Å². The molecule has 0 aromatic heterocycles. The molecule has 0 radical (unpaired) electrons. The molecule has 0 bridgehead atoms. The average molecular weight is 232 g/mol. The Bertz CT molecular complexity index is 399. The van der Waals surface area contributed by atoms with Crippen molar-refractivity contribution in [3.05, 3.63) is 29.8 Å². The summed E-state index contributed by atoms with van der Waals surface area (Å²) < 4.78 is 0. The summed E-state index contributed by atoms with van der Waals surface area (Å²) in [5.41, 5.74) is 7.56. The summed E-state index contributed by atoms with van der Waals surface area (Å²) >= 11 is 0. The summed E-state index contributed by atoms with van der Waals surface area (Å²) in [4.78, 5) is 11.8. The van der Waals surface area contributed by atoms with Crippen molar-refractivity contribution in [1.29, 1.82) is 0 Å². The molecule has 1 fully saturated rings. The third-order valence-electron chi connectivity index (χ3n) is 3.45. The highest BCUT2D eigenvalue weighted by Gasteiger charge is 2.33. The van der Waals surface area contributed by atoms with Gasteiger partial charge in [-0.25, -0.2) is 0 Å². The molecule has 1 aromatic carbocycles. The summed E-state index contributed by atoms with van der Waals surface area (Å²) in [6, 6.07) is 8.17. The van der Waals surface area contributed by atoms with Crippen LogP contribution >= 0.6 is 0 Å². The first-order valence-electron chi connectivity index (χ1n) is 6.21. The first-order valence-corrected chi connectivity index (χ1v) is 6.21. The lowest BCUT2D eigenvalue weighted by Gasteiger charge is -2.12. The average Bonchev–Trinajstić information content (AvgIpc) is 2.94. The van der Waals surface area contributed by atoms with Crippen LogP contribution in [0.2, 0.25) is 0 Å². The minimum Gasteiger partial charge on any atom is -0.399 e. The zero-order chi connectivity index (χ0) is 12.4. The fourth-order valence-electron chi connectivity index (χ4n) is 2.01. The number of nitrogens with two attached hydrogens (primary N) is 1. The van der Waals surface area contributed by atoms with Crippen LogP contribution < -0.4 is 11.1 Å². The molecule has 0 spiro atoms. The number of anilines is 1. The van der Waals surface area contributed by atoms with Crippen LogP contribution in [-0.2, 0) is 4.79 Å². The molecule has 1 saturated carbocycles. The monoisotopic (exact) mass is 232 g/mol. The van der Waals surface area contributed by atoms with Crippen LogP contribution in [0.1, 0.15) is 38.2 Å². The third-order valence-corrected chi connectivity index (χ3v) is 3.45. The van der Waals surface area contributed by atoms with E-state index in [1.54, 1.807) is 0 Å². The summed E-state index contributed by atoms with van der Waals surface area (Å²) in [6.07, 6.45) is 1.68. The summed E-state index contributed by atoms with van der Waals surface area (Å²) in [5.74, 6) is 1.05. The van der Waals surface area contributed by atoms with E-state index in [0.717, 1.165) is 17.7 Å². The normalized spacial score (nSPS) is 24.1. The van der Waals surface area contributed by atoms with E-state index < -0.39 is 0 Å². The van der Waals surface area contributed by atoms with Gasteiger partial charge in [0.2, 0.25) is 5.91 Å². The van der Waals surface area contributed by atoms with Gasteiger partial charge in [-0.15, -0.1) is 0 Å². The van der Waals surface area contributed by atoms with Gasteiger partial charge in [-0.1, -0.05) is 26.0 Å². The molecule has 1 aliphatic rings. The van der Waals surface area contributed by atoms with Gasteiger partial charge in [0.05, 0.1) is 0 Å². The lowest BCUT2D eigenvalue weighted by molar-refractivity contribution is -0.121. The minimum absolute atomic E-state index is 0.156. The highest BCUT2D eigenvalue weighted by atomic mass is 16.1. The fraction of sp³-hybridized carbons (Fsp3) is 0.500. The van der Waals surface area contributed by atoms with Crippen molar-refractivity contribution in [1.82, 2.24) is 5.32 Å². The second-order valence-electron chi connectivity index (χ2n) is 5.16. The Morgan fingerprint density at radius 1 is 1.47 bits per heavy atom. The number of carbonyl (C=O) groups excluding carboxylic acids is 1. The van der Waals surface area contributed by atoms with Gasteiger partial charge in [-0.05, 0) is 36.0 Å². The van der Waals surface area contributed by atoms with E-state index in [1.807, 2.05) is 24.3 Å². The molecule has 0 heterocycles. The minimum atomic E-state index is 0.156. The fourth-order valence-corrected chi connectivity index (χ4v) is 2.01. The maximum atomic E-state index is 11.8. The van der Waals surface area contributed by atoms with Gasteiger partial charge >= 0.3 is 0 Å². The number of benzene rings is 1. The third kappa shape index (κ3) is 3.22. The molecule has 3 atom stereocenters. The Morgan fingerprint density at radius 2 is 2.06 bits per heavy atom. The van der Waals surface area contributed by atoms with Crippen molar-refractivity contribution < 1.29 is 4.79 Å².